The summed E-state index contributed by atoms with van der Waals surface area (Å²) >= 11 is 12.5. The van der Waals surface area contributed by atoms with Gasteiger partial charge in [0.2, 0.25) is 0 Å². The number of H-pyrrole nitrogens is 1. The number of urea groups is 1. The van der Waals surface area contributed by atoms with Crippen molar-refractivity contribution in [1.29, 1.82) is 0 Å². The van der Waals surface area contributed by atoms with Gasteiger partial charge in [-0.2, -0.15) is 0 Å². The monoisotopic (exact) mass is 441 g/mol. The molecule has 3 aromatic rings. The molecular weight excluding hydrogens is 421 g/mol. The van der Waals surface area contributed by atoms with E-state index in [0.717, 1.165) is 27.7 Å². The molecule has 3 heterocycles. The van der Waals surface area contributed by atoms with E-state index in [1.807, 2.05) is 45.0 Å². The van der Waals surface area contributed by atoms with Gasteiger partial charge in [0.1, 0.15) is 12.1 Å². The molecule has 0 radical (unpaired) electrons. The van der Waals surface area contributed by atoms with Crippen LogP contribution in [-0.2, 0) is 11.2 Å². The lowest BCUT2D eigenvalue weighted by Crippen LogP contribution is -2.46. The number of para-hydroxylation sites is 1. The predicted molar refractivity (Wildman–Crippen MR) is 118 cm³/mol. The van der Waals surface area contributed by atoms with Gasteiger partial charge in [-0.05, 0) is 50.1 Å². The second-order valence-corrected chi connectivity index (χ2v) is 9.71. The number of fused-ring (bicyclic) bond motifs is 4. The average molecular weight is 442 g/mol. The zero-order chi connectivity index (χ0) is 21.4. The first-order chi connectivity index (χ1) is 14.2. The maximum absolute atomic E-state index is 13.5. The fourth-order valence-electron chi connectivity index (χ4n) is 4.72. The molecule has 7 heteroatoms. The Labute approximate surface area is 184 Å². The van der Waals surface area contributed by atoms with E-state index in [1.165, 1.54) is 4.90 Å². The molecule has 1 N–H and O–H groups in total. The molecule has 1 aromatic heterocycles. The molecule has 1 fully saturated rings. The minimum Gasteiger partial charge on any atom is -0.356 e. The lowest BCUT2D eigenvalue weighted by molar-refractivity contribution is -0.131. The molecule has 5 nitrogen and oxygen atoms in total. The Bertz CT molecular complexity index is 1210. The van der Waals surface area contributed by atoms with Crippen molar-refractivity contribution in [3.63, 3.8) is 0 Å². The quantitative estimate of drug-likeness (QED) is 0.503. The van der Waals surface area contributed by atoms with Crippen LogP contribution in [0.1, 0.15) is 43.6 Å². The third kappa shape index (κ3) is 2.69. The molecule has 154 valence electrons. The molecule has 2 aliphatic heterocycles. The molecule has 0 saturated carbocycles. The van der Waals surface area contributed by atoms with Crippen LogP contribution in [0.25, 0.3) is 10.9 Å². The van der Waals surface area contributed by atoms with Crippen LogP contribution in [0, 0.1) is 0 Å². The Morgan fingerprint density at radius 2 is 1.77 bits per heavy atom. The van der Waals surface area contributed by atoms with Gasteiger partial charge in [-0.15, -0.1) is 0 Å². The van der Waals surface area contributed by atoms with Crippen LogP contribution in [-0.4, -0.2) is 38.3 Å². The van der Waals surface area contributed by atoms with Gasteiger partial charge in [0, 0.05) is 28.6 Å². The van der Waals surface area contributed by atoms with E-state index in [2.05, 4.69) is 11.1 Å². The molecule has 2 atom stereocenters. The smallest absolute Gasteiger partial charge is 0.328 e. The Hall–Kier alpha value is -2.50. The molecule has 3 amide bonds. The zero-order valence-electron chi connectivity index (χ0n) is 16.9. The number of aromatic amines is 1. The summed E-state index contributed by atoms with van der Waals surface area (Å²) in [5, 5.41) is 1.94. The van der Waals surface area contributed by atoms with Gasteiger partial charge in [0.05, 0.1) is 10.0 Å². The summed E-state index contributed by atoms with van der Waals surface area (Å²) in [6, 6.07) is 12.1. The number of hydrogen-bond donors (Lipinski definition) is 1. The van der Waals surface area contributed by atoms with E-state index in [-0.39, 0.29) is 11.9 Å². The second kappa shape index (κ2) is 6.50. The molecule has 5 rings (SSSR count). The zero-order valence-corrected chi connectivity index (χ0v) is 18.4. The molecule has 0 unspecified atom stereocenters. The highest BCUT2D eigenvalue weighted by Gasteiger charge is 2.55. The Balaban J connectivity index is 1.76. The van der Waals surface area contributed by atoms with Gasteiger partial charge >= 0.3 is 6.03 Å². The summed E-state index contributed by atoms with van der Waals surface area (Å²) in [5.41, 5.74) is 3.19. The van der Waals surface area contributed by atoms with Crippen molar-refractivity contribution in [1.82, 2.24) is 14.8 Å². The summed E-state index contributed by atoms with van der Waals surface area (Å²) < 4.78 is 0. The van der Waals surface area contributed by atoms with Crippen LogP contribution in [0.4, 0.5) is 4.79 Å². The number of imide groups is 1. The third-order valence-corrected chi connectivity index (χ3v) is 6.72. The summed E-state index contributed by atoms with van der Waals surface area (Å²) in [6.45, 7) is 5.64. The molecule has 2 aliphatic rings. The topological polar surface area (TPSA) is 56.4 Å². The Morgan fingerprint density at radius 1 is 1.03 bits per heavy atom. The number of benzene rings is 2. The van der Waals surface area contributed by atoms with Gasteiger partial charge in [0.25, 0.3) is 5.91 Å². The molecule has 1 saturated heterocycles. The first kappa shape index (κ1) is 19.5. The first-order valence-electron chi connectivity index (χ1n) is 9.89. The molecular formula is C23H21Cl2N3O2. The van der Waals surface area contributed by atoms with Gasteiger partial charge in [-0.1, -0.05) is 47.5 Å². The van der Waals surface area contributed by atoms with E-state index < -0.39 is 17.6 Å². The van der Waals surface area contributed by atoms with Crippen molar-refractivity contribution in [2.75, 3.05) is 0 Å². The van der Waals surface area contributed by atoms with E-state index in [4.69, 9.17) is 23.2 Å². The Kier molecular flexibility index (Phi) is 4.21. The van der Waals surface area contributed by atoms with Crippen LogP contribution in [0.5, 0.6) is 0 Å². The van der Waals surface area contributed by atoms with Gasteiger partial charge in [-0.3, -0.25) is 14.6 Å². The largest absolute Gasteiger partial charge is 0.356 e. The summed E-state index contributed by atoms with van der Waals surface area (Å²) in [7, 11) is 0. The van der Waals surface area contributed by atoms with Crippen LogP contribution in [0.3, 0.4) is 0 Å². The number of hydrogen-bond acceptors (Lipinski definition) is 2. The van der Waals surface area contributed by atoms with E-state index in [1.54, 1.807) is 17.0 Å². The van der Waals surface area contributed by atoms with E-state index in [9.17, 15) is 9.59 Å². The van der Waals surface area contributed by atoms with Crippen molar-refractivity contribution in [2.45, 2.75) is 44.8 Å². The molecule has 0 aliphatic carbocycles. The van der Waals surface area contributed by atoms with Crippen molar-refractivity contribution in [3.05, 3.63) is 69.3 Å². The SMILES string of the molecule is CC(C)(C)N1C(=O)[C@H]2Cc3c([nH]c4ccccc34)[C@H](c3ccc(Cl)c(Cl)c3)N2C1=O. The number of carbonyl (C=O) groups excluding carboxylic acids is 2. The molecule has 2 aromatic carbocycles. The number of aromatic nitrogens is 1. The normalized spacial score (nSPS) is 21.4. The highest BCUT2D eigenvalue weighted by atomic mass is 35.5. The van der Waals surface area contributed by atoms with Crippen LogP contribution >= 0.6 is 23.2 Å². The van der Waals surface area contributed by atoms with Crippen molar-refractivity contribution >= 4 is 46.0 Å². The van der Waals surface area contributed by atoms with Crippen LogP contribution < -0.4 is 0 Å². The number of halogens is 2. The van der Waals surface area contributed by atoms with Crippen LogP contribution in [0.15, 0.2) is 42.5 Å². The average Bonchev–Trinajstić information content (AvgIpc) is 3.17. The number of nitrogens with zero attached hydrogens (tertiary/aromatic N) is 2. The van der Waals surface area contributed by atoms with Gasteiger partial charge in [0.15, 0.2) is 0 Å². The van der Waals surface area contributed by atoms with Gasteiger partial charge < -0.3 is 4.98 Å². The van der Waals surface area contributed by atoms with Gasteiger partial charge in [-0.25, -0.2) is 4.79 Å². The fraction of sp³-hybridized carbons (Fsp3) is 0.304. The minimum absolute atomic E-state index is 0.159. The number of carbonyl (C=O) groups is 2. The first-order valence-corrected chi connectivity index (χ1v) is 10.6. The highest BCUT2D eigenvalue weighted by Crippen LogP contribution is 2.45. The van der Waals surface area contributed by atoms with Crippen molar-refractivity contribution < 1.29 is 9.59 Å². The standard InChI is InChI=1S/C23H21Cl2N3O2/c1-23(2,3)28-21(29)18-11-14-13-6-4-5-7-17(13)26-19(14)20(27(18)22(28)30)12-8-9-15(24)16(25)10-12/h4-10,18,20,26H,11H2,1-3H3/t18-,20+/m1/s1. The second-order valence-electron chi connectivity index (χ2n) is 8.89. The van der Waals surface area contributed by atoms with Crippen molar-refractivity contribution in [2.24, 2.45) is 0 Å². The lowest BCUT2D eigenvalue weighted by Gasteiger charge is -2.36. The summed E-state index contributed by atoms with van der Waals surface area (Å²) in [5.74, 6) is -0.159. The molecule has 0 bridgehead atoms. The number of rotatable bonds is 1. The number of amides is 3. The summed E-state index contributed by atoms with van der Waals surface area (Å²) in [6.07, 6.45) is 0.480. The van der Waals surface area contributed by atoms with Crippen molar-refractivity contribution in [3.8, 4) is 0 Å². The fourth-order valence-corrected chi connectivity index (χ4v) is 5.03. The highest BCUT2D eigenvalue weighted by molar-refractivity contribution is 6.42. The maximum Gasteiger partial charge on any atom is 0.328 e. The minimum atomic E-state index is -0.608. The predicted octanol–water partition coefficient (Wildman–Crippen LogP) is 5.55. The molecule has 0 spiro atoms. The summed E-state index contributed by atoms with van der Waals surface area (Å²) in [4.78, 5) is 33.5. The maximum atomic E-state index is 13.5. The number of nitrogens with one attached hydrogen (secondary N) is 1. The van der Waals surface area contributed by atoms with E-state index >= 15 is 0 Å². The lowest BCUT2D eigenvalue weighted by atomic mass is 9.89. The Morgan fingerprint density at radius 3 is 2.47 bits per heavy atom. The van der Waals surface area contributed by atoms with E-state index in [0.29, 0.717) is 16.5 Å². The van der Waals surface area contributed by atoms with Crippen LogP contribution in [0.2, 0.25) is 10.0 Å². The third-order valence-electron chi connectivity index (χ3n) is 5.98. The molecule has 30 heavy (non-hydrogen) atoms.